The second kappa shape index (κ2) is 4.21. The van der Waals surface area contributed by atoms with Crippen molar-refractivity contribution in [3.8, 4) is 11.1 Å². The standard InChI is InChI=1S/C15H16N2/c16-15-10-12(8-9-17-15)14-7-3-5-11-4-1-2-6-13(11)14/h3,5,7-10H,1-2,4,6H2,(H2,16,17). The summed E-state index contributed by atoms with van der Waals surface area (Å²) in [6.45, 7) is 0. The van der Waals surface area contributed by atoms with Gasteiger partial charge in [-0.3, -0.25) is 0 Å². The zero-order chi connectivity index (χ0) is 11.7. The molecule has 0 saturated heterocycles. The second-order valence-electron chi connectivity index (χ2n) is 4.62. The molecular formula is C15H16N2. The van der Waals surface area contributed by atoms with Crippen LogP contribution < -0.4 is 5.73 Å². The zero-order valence-corrected chi connectivity index (χ0v) is 9.82. The van der Waals surface area contributed by atoms with Crippen LogP contribution in [0.4, 0.5) is 5.82 Å². The Morgan fingerprint density at radius 1 is 1.06 bits per heavy atom. The van der Waals surface area contributed by atoms with E-state index in [0.717, 1.165) is 0 Å². The molecule has 17 heavy (non-hydrogen) atoms. The Morgan fingerprint density at radius 3 is 2.82 bits per heavy atom. The van der Waals surface area contributed by atoms with Crippen molar-refractivity contribution >= 4 is 5.82 Å². The van der Waals surface area contributed by atoms with Crippen molar-refractivity contribution in [2.45, 2.75) is 25.7 Å². The number of pyridine rings is 1. The molecule has 1 aromatic heterocycles. The summed E-state index contributed by atoms with van der Waals surface area (Å²) in [6.07, 6.45) is 6.80. The fraction of sp³-hybridized carbons (Fsp3) is 0.267. The predicted octanol–water partition coefficient (Wildman–Crippen LogP) is 3.21. The third kappa shape index (κ3) is 1.91. The van der Waals surface area contributed by atoms with E-state index >= 15 is 0 Å². The number of hydrogen-bond donors (Lipinski definition) is 1. The topological polar surface area (TPSA) is 38.9 Å². The molecule has 0 saturated carbocycles. The molecule has 86 valence electrons. The summed E-state index contributed by atoms with van der Waals surface area (Å²) in [7, 11) is 0. The maximum Gasteiger partial charge on any atom is 0.123 e. The van der Waals surface area contributed by atoms with Crippen LogP contribution in [0.3, 0.4) is 0 Å². The Hall–Kier alpha value is -1.83. The average molecular weight is 224 g/mol. The molecule has 1 heterocycles. The SMILES string of the molecule is Nc1cc(-c2cccc3c2CCCC3)ccn1. The number of fused-ring (bicyclic) bond motifs is 1. The summed E-state index contributed by atoms with van der Waals surface area (Å²) in [5, 5.41) is 0. The number of aryl methyl sites for hydroxylation is 1. The molecule has 2 nitrogen and oxygen atoms in total. The summed E-state index contributed by atoms with van der Waals surface area (Å²) in [4.78, 5) is 4.06. The fourth-order valence-corrected chi connectivity index (χ4v) is 2.67. The van der Waals surface area contributed by atoms with E-state index in [-0.39, 0.29) is 0 Å². The van der Waals surface area contributed by atoms with Gasteiger partial charge in [-0.25, -0.2) is 4.98 Å². The number of hydrogen-bond acceptors (Lipinski definition) is 2. The maximum absolute atomic E-state index is 5.76. The number of rotatable bonds is 1. The second-order valence-corrected chi connectivity index (χ2v) is 4.62. The Bertz CT molecular complexity index is 546. The van der Waals surface area contributed by atoms with Crippen molar-refractivity contribution in [1.82, 2.24) is 4.98 Å². The van der Waals surface area contributed by atoms with Crippen LogP contribution in [0.15, 0.2) is 36.5 Å². The van der Waals surface area contributed by atoms with Gasteiger partial charge in [0.1, 0.15) is 5.82 Å². The van der Waals surface area contributed by atoms with Crippen LogP contribution in [0.5, 0.6) is 0 Å². The van der Waals surface area contributed by atoms with Crippen LogP contribution in [0.1, 0.15) is 24.0 Å². The minimum absolute atomic E-state index is 0.593. The Kier molecular flexibility index (Phi) is 2.56. The summed E-state index contributed by atoms with van der Waals surface area (Å²) in [6, 6.07) is 10.6. The van der Waals surface area contributed by atoms with E-state index in [2.05, 4.69) is 23.2 Å². The summed E-state index contributed by atoms with van der Waals surface area (Å²) < 4.78 is 0. The molecule has 1 aromatic carbocycles. The molecule has 0 fully saturated rings. The van der Waals surface area contributed by atoms with Gasteiger partial charge in [-0.15, -0.1) is 0 Å². The third-order valence-electron chi connectivity index (χ3n) is 3.49. The Labute approximate surface area is 102 Å². The lowest BCUT2D eigenvalue weighted by Crippen LogP contribution is -2.04. The van der Waals surface area contributed by atoms with E-state index in [9.17, 15) is 0 Å². The number of anilines is 1. The van der Waals surface area contributed by atoms with Gasteiger partial charge in [0.05, 0.1) is 0 Å². The molecule has 2 aromatic rings. The number of benzene rings is 1. The van der Waals surface area contributed by atoms with Gasteiger partial charge in [0.15, 0.2) is 0 Å². The minimum atomic E-state index is 0.593. The molecule has 3 rings (SSSR count). The largest absolute Gasteiger partial charge is 0.384 e. The van der Waals surface area contributed by atoms with Gasteiger partial charge in [0, 0.05) is 6.20 Å². The van der Waals surface area contributed by atoms with Crippen molar-refractivity contribution < 1.29 is 0 Å². The number of nitrogen functional groups attached to an aromatic ring is 1. The van der Waals surface area contributed by atoms with Gasteiger partial charge in [0.2, 0.25) is 0 Å². The van der Waals surface area contributed by atoms with Crippen LogP contribution in [0.2, 0.25) is 0 Å². The van der Waals surface area contributed by atoms with Crippen molar-refractivity contribution in [2.75, 3.05) is 5.73 Å². The van der Waals surface area contributed by atoms with Gasteiger partial charge in [-0.05, 0) is 60.1 Å². The number of nitrogens with two attached hydrogens (primary N) is 1. The van der Waals surface area contributed by atoms with Crippen molar-refractivity contribution in [3.05, 3.63) is 47.7 Å². The molecule has 0 atom stereocenters. The van der Waals surface area contributed by atoms with Crippen molar-refractivity contribution in [3.63, 3.8) is 0 Å². The van der Waals surface area contributed by atoms with Gasteiger partial charge < -0.3 is 5.73 Å². The highest BCUT2D eigenvalue weighted by Crippen LogP contribution is 2.31. The number of aromatic nitrogens is 1. The molecule has 0 radical (unpaired) electrons. The van der Waals surface area contributed by atoms with E-state index in [1.54, 1.807) is 6.20 Å². The summed E-state index contributed by atoms with van der Waals surface area (Å²) in [5.74, 6) is 0.593. The fourth-order valence-electron chi connectivity index (χ4n) is 2.67. The lowest BCUT2D eigenvalue weighted by atomic mass is 9.86. The molecule has 1 aliphatic rings. The van der Waals surface area contributed by atoms with Crippen LogP contribution in [-0.4, -0.2) is 4.98 Å². The van der Waals surface area contributed by atoms with Gasteiger partial charge in [-0.2, -0.15) is 0 Å². The first-order chi connectivity index (χ1) is 8.34. The summed E-state index contributed by atoms with van der Waals surface area (Å²) >= 11 is 0. The first-order valence-electron chi connectivity index (χ1n) is 6.17. The van der Waals surface area contributed by atoms with E-state index in [4.69, 9.17) is 5.73 Å². The molecule has 1 aliphatic carbocycles. The molecule has 0 unspecified atom stereocenters. The normalized spacial score (nSPS) is 14.4. The molecule has 2 heteroatoms. The lowest BCUT2D eigenvalue weighted by molar-refractivity contribution is 0.687. The third-order valence-corrected chi connectivity index (χ3v) is 3.49. The highest BCUT2D eigenvalue weighted by molar-refractivity contribution is 5.70. The van der Waals surface area contributed by atoms with E-state index < -0.39 is 0 Å². The van der Waals surface area contributed by atoms with E-state index in [1.807, 2.05) is 12.1 Å². The average Bonchev–Trinajstić information content (AvgIpc) is 2.38. The monoisotopic (exact) mass is 224 g/mol. The maximum atomic E-state index is 5.76. The van der Waals surface area contributed by atoms with Crippen molar-refractivity contribution in [2.24, 2.45) is 0 Å². The Balaban J connectivity index is 2.14. The van der Waals surface area contributed by atoms with Gasteiger partial charge in [0.25, 0.3) is 0 Å². The molecule has 0 bridgehead atoms. The summed E-state index contributed by atoms with van der Waals surface area (Å²) in [5.41, 5.74) is 11.3. The first-order valence-corrected chi connectivity index (χ1v) is 6.17. The highest BCUT2D eigenvalue weighted by Gasteiger charge is 2.13. The van der Waals surface area contributed by atoms with Gasteiger partial charge >= 0.3 is 0 Å². The first kappa shape index (κ1) is 10.3. The van der Waals surface area contributed by atoms with Crippen LogP contribution in [-0.2, 0) is 12.8 Å². The Morgan fingerprint density at radius 2 is 1.94 bits per heavy atom. The molecule has 2 N–H and O–H groups in total. The smallest absolute Gasteiger partial charge is 0.123 e. The zero-order valence-electron chi connectivity index (χ0n) is 9.82. The minimum Gasteiger partial charge on any atom is -0.384 e. The molecular weight excluding hydrogens is 208 g/mol. The molecule has 0 spiro atoms. The predicted molar refractivity (Wildman–Crippen MR) is 70.7 cm³/mol. The molecule has 0 aliphatic heterocycles. The van der Waals surface area contributed by atoms with Crippen molar-refractivity contribution in [1.29, 1.82) is 0 Å². The highest BCUT2D eigenvalue weighted by atomic mass is 14.8. The van der Waals surface area contributed by atoms with Crippen LogP contribution >= 0.6 is 0 Å². The van der Waals surface area contributed by atoms with E-state index in [0.29, 0.717) is 5.82 Å². The van der Waals surface area contributed by atoms with Crippen LogP contribution in [0.25, 0.3) is 11.1 Å². The van der Waals surface area contributed by atoms with Crippen LogP contribution in [0, 0.1) is 0 Å². The number of nitrogens with zero attached hydrogens (tertiary/aromatic N) is 1. The van der Waals surface area contributed by atoms with E-state index in [1.165, 1.54) is 47.9 Å². The quantitative estimate of drug-likeness (QED) is 0.807. The lowest BCUT2D eigenvalue weighted by Gasteiger charge is -2.19. The van der Waals surface area contributed by atoms with Gasteiger partial charge in [-0.1, -0.05) is 18.2 Å². The molecule has 0 amide bonds.